The van der Waals surface area contributed by atoms with Crippen LogP contribution in [-0.2, 0) is 4.74 Å². The molecule has 1 aliphatic carbocycles. The molecule has 1 fully saturated rings. The number of ether oxygens (including phenoxy) is 2. The molecular formula is C16H23ClN2O3. The Morgan fingerprint density at radius 2 is 1.95 bits per heavy atom. The average Bonchev–Trinajstić information content (AvgIpc) is 2.34. The van der Waals surface area contributed by atoms with Crippen LogP contribution in [0.5, 0.6) is 5.75 Å². The molecule has 0 saturated heterocycles. The van der Waals surface area contributed by atoms with Crippen molar-refractivity contribution < 1.29 is 14.3 Å². The Morgan fingerprint density at radius 3 is 2.55 bits per heavy atom. The van der Waals surface area contributed by atoms with Gasteiger partial charge in [0, 0.05) is 12.1 Å². The van der Waals surface area contributed by atoms with E-state index in [1.54, 1.807) is 13.2 Å². The topological polar surface area (TPSA) is 59.6 Å². The highest BCUT2D eigenvalue weighted by Crippen LogP contribution is 2.35. The number of alkyl carbamates (subject to hydrolysis) is 1. The Labute approximate surface area is 136 Å². The number of nitrogens with one attached hydrogen (secondary N) is 2. The maximum atomic E-state index is 11.7. The molecule has 0 aliphatic heterocycles. The molecule has 0 bridgehead atoms. The summed E-state index contributed by atoms with van der Waals surface area (Å²) < 4.78 is 10.5. The van der Waals surface area contributed by atoms with Crippen LogP contribution >= 0.6 is 11.6 Å². The Bertz CT molecular complexity index is 537. The van der Waals surface area contributed by atoms with Gasteiger partial charge in [-0.05, 0) is 45.7 Å². The lowest BCUT2D eigenvalue weighted by atomic mass is 9.86. The van der Waals surface area contributed by atoms with Crippen molar-refractivity contribution in [2.75, 3.05) is 12.4 Å². The average molecular weight is 327 g/mol. The van der Waals surface area contributed by atoms with Gasteiger partial charge in [-0.2, -0.15) is 0 Å². The highest BCUT2D eigenvalue weighted by Gasteiger charge is 2.32. The fraction of sp³-hybridized carbons (Fsp3) is 0.562. The molecule has 0 atom stereocenters. The first-order valence-corrected chi connectivity index (χ1v) is 7.75. The fourth-order valence-corrected chi connectivity index (χ4v) is 2.63. The van der Waals surface area contributed by atoms with E-state index < -0.39 is 5.60 Å². The summed E-state index contributed by atoms with van der Waals surface area (Å²) in [6, 6.07) is 6.02. The zero-order valence-corrected chi connectivity index (χ0v) is 14.2. The molecule has 0 radical (unpaired) electrons. The van der Waals surface area contributed by atoms with Crippen LogP contribution in [0, 0.1) is 0 Å². The lowest BCUT2D eigenvalue weighted by Gasteiger charge is -2.37. The normalized spacial score (nSPS) is 20.8. The second-order valence-electron chi connectivity index (χ2n) is 6.48. The first-order chi connectivity index (χ1) is 10.3. The Kier molecular flexibility index (Phi) is 5.06. The summed E-state index contributed by atoms with van der Waals surface area (Å²) >= 11 is 6.09. The molecule has 2 rings (SSSR count). The maximum Gasteiger partial charge on any atom is 0.407 e. The predicted molar refractivity (Wildman–Crippen MR) is 87.8 cm³/mol. The Balaban J connectivity index is 1.81. The monoisotopic (exact) mass is 326 g/mol. The van der Waals surface area contributed by atoms with Crippen LogP contribution in [0.2, 0.25) is 5.02 Å². The first-order valence-electron chi connectivity index (χ1n) is 7.37. The lowest BCUT2D eigenvalue weighted by molar-refractivity contribution is 0.0475. The minimum atomic E-state index is -0.473. The molecule has 1 saturated carbocycles. The maximum absolute atomic E-state index is 11.7. The zero-order chi connectivity index (χ0) is 16.3. The van der Waals surface area contributed by atoms with E-state index in [4.69, 9.17) is 21.1 Å². The van der Waals surface area contributed by atoms with Gasteiger partial charge in [-0.3, -0.25) is 0 Å². The van der Waals surface area contributed by atoms with Gasteiger partial charge in [0.05, 0.1) is 17.8 Å². The third-order valence-corrected chi connectivity index (χ3v) is 3.69. The molecule has 5 nitrogen and oxygen atoms in total. The SMILES string of the molecule is COc1c(Cl)cccc1NC1CC(NC(=O)OC(C)(C)C)C1. The molecule has 122 valence electrons. The summed E-state index contributed by atoms with van der Waals surface area (Å²) in [5, 5.41) is 6.84. The largest absolute Gasteiger partial charge is 0.493 e. The second kappa shape index (κ2) is 6.65. The Morgan fingerprint density at radius 1 is 1.27 bits per heavy atom. The van der Waals surface area contributed by atoms with Crippen molar-refractivity contribution in [1.82, 2.24) is 5.32 Å². The van der Waals surface area contributed by atoms with Gasteiger partial charge in [0.25, 0.3) is 0 Å². The van der Waals surface area contributed by atoms with E-state index in [9.17, 15) is 4.79 Å². The van der Waals surface area contributed by atoms with Gasteiger partial charge in [0.2, 0.25) is 0 Å². The zero-order valence-electron chi connectivity index (χ0n) is 13.4. The van der Waals surface area contributed by atoms with E-state index in [1.165, 1.54) is 0 Å². The van der Waals surface area contributed by atoms with Crippen molar-refractivity contribution in [1.29, 1.82) is 0 Å². The first kappa shape index (κ1) is 16.7. The summed E-state index contributed by atoms with van der Waals surface area (Å²) in [6.07, 6.45) is 1.32. The molecule has 1 aromatic carbocycles. The van der Waals surface area contributed by atoms with Gasteiger partial charge in [0.1, 0.15) is 5.60 Å². The summed E-state index contributed by atoms with van der Waals surface area (Å²) in [5.41, 5.74) is 0.398. The van der Waals surface area contributed by atoms with Crippen molar-refractivity contribution in [3.8, 4) is 5.75 Å². The lowest BCUT2D eigenvalue weighted by Crippen LogP contribution is -2.50. The number of halogens is 1. The van der Waals surface area contributed by atoms with Crippen LogP contribution in [0.1, 0.15) is 33.6 Å². The van der Waals surface area contributed by atoms with Crippen LogP contribution < -0.4 is 15.4 Å². The molecule has 0 spiro atoms. The summed E-state index contributed by atoms with van der Waals surface area (Å²) in [6.45, 7) is 5.55. The van der Waals surface area contributed by atoms with E-state index >= 15 is 0 Å². The number of hydrogen-bond donors (Lipinski definition) is 2. The number of rotatable bonds is 4. The molecule has 1 amide bonds. The van der Waals surface area contributed by atoms with Crippen molar-refractivity contribution in [2.45, 2.75) is 51.3 Å². The third kappa shape index (κ3) is 4.44. The van der Waals surface area contributed by atoms with E-state index in [0.29, 0.717) is 10.8 Å². The standard InChI is InChI=1S/C16H23ClN2O3/c1-16(2,3)22-15(20)19-11-8-10(9-11)18-13-7-5-6-12(17)14(13)21-4/h5-7,10-11,18H,8-9H2,1-4H3,(H,19,20). The van der Waals surface area contributed by atoms with E-state index in [2.05, 4.69) is 10.6 Å². The molecule has 0 aromatic heterocycles. The van der Waals surface area contributed by atoms with Gasteiger partial charge >= 0.3 is 6.09 Å². The smallest absolute Gasteiger partial charge is 0.407 e. The number of amides is 1. The minimum absolute atomic E-state index is 0.137. The second-order valence-corrected chi connectivity index (χ2v) is 6.88. The van der Waals surface area contributed by atoms with Crippen molar-refractivity contribution >= 4 is 23.4 Å². The molecule has 0 heterocycles. The van der Waals surface area contributed by atoms with E-state index in [1.807, 2.05) is 32.9 Å². The van der Waals surface area contributed by atoms with Crippen molar-refractivity contribution in [2.24, 2.45) is 0 Å². The molecule has 1 aromatic rings. The van der Waals surface area contributed by atoms with Crippen molar-refractivity contribution in [3.63, 3.8) is 0 Å². The number of benzene rings is 1. The Hall–Kier alpha value is -1.62. The molecule has 22 heavy (non-hydrogen) atoms. The van der Waals surface area contributed by atoms with E-state index in [-0.39, 0.29) is 18.2 Å². The number of para-hydroxylation sites is 1. The van der Waals surface area contributed by atoms with Gasteiger partial charge < -0.3 is 20.1 Å². The van der Waals surface area contributed by atoms with E-state index in [0.717, 1.165) is 18.5 Å². The molecule has 0 unspecified atom stereocenters. The van der Waals surface area contributed by atoms with Gasteiger partial charge in [-0.25, -0.2) is 4.79 Å². The molecule has 6 heteroatoms. The van der Waals surface area contributed by atoms with Crippen LogP contribution in [-0.4, -0.2) is 30.9 Å². The van der Waals surface area contributed by atoms with Crippen LogP contribution in [0.25, 0.3) is 0 Å². The van der Waals surface area contributed by atoms with Gasteiger partial charge in [-0.1, -0.05) is 17.7 Å². The minimum Gasteiger partial charge on any atom is -0.493 e. The van der Waals surface area contributed by atoms with Gasteiger partial charge in [-0.15, -0.1) is 0 Å². The summed E-state index contributed by atoms with van der Waals surface area (Å²) in [5.74, 6) is 0.646. The number of anilines is 1. The summed E-state index contributed by atoms with van der Waals surface area (Å²) in [7, 11) is 1.60. The van der Waals surface area contributed by atoms with Crippen LogP contribution in [0.4, 0.5) is 10.5 Å². The quantitative estimate of drug-likeness (QED) is 0.883. The van der Waals surface area contributed by atoms with Gasteiger partial charge in [0.15, 0.2) is 5.75 Å². The predicted octanol–water partition coefficient (Wildman–Crippen LogP) is 3.82. The molecular weight excluding hydrogens is 304 g/mol. The molecule has 2 N–H and O–H groups in total. The number of carbonyl (C=O) groups is 1. The third-order valence-electron chi connectivity index (χ3n) is 3.39. The van der Waals surface area contributed by atoms with Crippen LogP contribution in [0.15, 0.2) is 18.2 Å². The number of hydrogen-bond acceptors (Lipinski definition) is 4. The number of carbonyl (C=O) groups excluding carboxylic acids is 1. The fourth-order valence-electron chi connectivity index (χ4n) is 2.38. The molecule has 1 aliphatic rings. The van der Waals surface area contributed by atoms with Crippen LogP contribution in [0.3, 0.4) is 0 Å². The number of methoxy groups -OCH3 is 1. The summed E-state index contributed by atoms with van der Waals surface area (Å²) in [4.78, 5) is 11.7. The van der Waals surface area contributed by atoms with Crippen molar-refractivity contribution in [3.05, 3.63) is 23.2 Å². The highest BCUT2D eigenvalue weighted by molar-refractivity contribution is 6.32. The highest BCUT2D eigenvalue weighted by atomic mass is 35.5.